The number of nitrogens with zero attached hydrogens (tertiary/aromatic N) is 1. The van der Waals surface area contributed by atoms with Crippen LogP contribution in [-0.4, -0.2) is 29.9 Å². The molecule has 3 atom stereocenters. The zero-order valence-electron chi connectivity index (χ0n) is 15.4. The number of nitrogens with one attached hydrogen (secondary N) is 1. The second-order valence-electron chi connectivity index (χ2n) is 7.50. The predicted octanol–water partition coefficient (Wildman–Crippen LogP) is 4.66. The molecule has 25 heavy (non-hydrogen) atoms. The monoisotopic (exact) mass is 336 g/mol. The number of carbonyl (C=O) groups is 1. The average Bonchev–Trinajstić information content (AvgIpc) is 2.61. The summed E-state index contributed by atoms with van der Waals surface area (Å²) in [7, 11) is 0. The number of hydrogen-bond donors (Lipinski definition) is 1. The van der Waals surface area contributed by atoms with Gasteiger partial charge in [-0.15, -0.1) is 0 Å². The van der Waals surface area contributed by atoms with Gasteiger partial charge in [0.15, 0.2) is 0 Å². The van der Waals surface area contributed by atoms with Gasteiger partial charge in [-0.3, -0.25) is 4.79 Å². The van der Waals surface area contributed by atoms with Gasteiger partial charge in [0.2, 0.25) is 5.91 Å². The van der Waals surface area contributed by atoms with E-state index in [0.717, 1.165) is 18.8 Å². The van der Waals surface area contributed by atoms with Gasteiger partial charge >= 0.3 is 0 Å². The zero-order valence-corrected chi connectivity index (χ0v) is 15.4. The highest BCUT2D eigenvalue weighted by Crippen LogP contribution is 2.23. The van der Waals surface area contributed by atoms with Crippen LogP contribution in [0.4, 0.5) is 5.69 Å². The summed E-state index contributed by atoms with van der Waals surface area (Å²) in [5.41, 5.74) is 3.37. The summed E-state index contributed by atoms with van der Waals surface area (Å²) in [6, 6.07) is 18.4. The number of hydrogen-bond acceptors (Lipinski definition) is 2. The van der Waals surface area contributed by atoms with Crippen LogP contribution in [0, 0.1) is 11.8 Å². The van der Waals surface area contributed by atoms with E-state index in [0.29, 0.717) is 11.8 Å². The first-order valence-electron chi connectivity index (χ1n) is 9.23. The number of likely N-dealkylation sites (tertiary alicyclic amines) is 1. The van der Waals surface area contributed by atoms with Crippen LogP contribution in [-0.2, 0) is 4.79 Å². The van der Waals surface area contributed by atoms with Crippen LogP contribution in [0.3, 0.4) is 0 Å². The molecule has 0 unspecified atom stereocenters. The Morgan fingerprint density at radius 1 is 0.960 bits per heavy atom. The third-order valence-electron chi connectivity index (χ3n) is 4.93. The largest absolute Gasteiger partial charge is 0.374 e. The van der Waals surface area contributed by atoms with Gasteiger partial charge in [0.1, 0.15) is 6.04 Å². The summed E-state index contributed by atoms with van der Waals surface area (Å²) < 4.78 is 0. The van der Waals surface area contributed by atoms with Crippen LogP contribution < -0.4 is 5.32 Å². The van der Waals surface area contributed by atoms with E-state index in [9.17, 15) is 4.79 Å². The molecule has 1 fully saturated rings. The number of rotatable bonds is 4. The van der Waals surface area contributed by atoms with Crippen molar-refractivity contribution >= 4 is 11.6 Å². The summed E-state index contributed by atoms with van der Waals surface area (Å²) in [5, 5.41) is 3.36. The van der Waals surface area contributed by atoms with E-state index in [1.807, 2.05) is 42.2 Å². The van der Waals surface area contributed by atoms with E-state index < -0.39 is 0 Å². The third-order valence-corrected chi connectivity index (χ3v) is 4.93. The van der Waals surface area contributed by atoms with Gasteiger partial charge in [-0.1, -0.05) is 56.3 Å². The van der Waals surface area contributed by atoms with Gasteiger partial charge in [-0.25, -0.2) is 0 Å². The molecule has 3 rings (SSSR count). The summed E-state index contributed by atoms with van der Waals surface area (Å²) in [5.74, 6) is 1.38. The van der Waals surface area contributed by atoms with Gasteiger partial charge in [0.25, 0.3) is 0 Å². The van der Waals surface area contributed by atoms with Gasteiger partial charge < -0.3 is 10.2 Å². The summed E-state index contributed by atoms with van der Waals surface area (Å²) in [6.07, 6.45) is 1.21. The number of anilines is 1. The molecular weight excluding hydrogens is 308 g/mol. The van der Waals surface area contributed by atoms with Crippen molar-refractivity contribution in [1.82, 2.24) is 4.90 Å². The molecular formula is C22H28N2O. The number of piperidine rings is 1. The molecule has 1 saturated heterocycles. The smallest absolute Gasteiger partial charge is 0.244 e. The van der Waals surface area contributed by atoms with Crippen molar-refractivity contribution < 1.29 is 4.79 Å². The molecule has 0 spiro atoms. The average molecular weight is 336 g/mol. The summed E-state index contributed by atoms with van der Waals surface area (Å²) >= 11 is 0. The highest BCUT2D eigenvalue weighted by molar-refractivity contribution is 5.84. The molecule has 1 amide bonds. The van der Waals surface area contributed by atoms with Crippen LogP contribution in [0.5, 0.6) is 0 Å². The lowest BCUT2D eigenvalue weighted by atomic mass is 9.91. The second-order valence-corrected chi connectivity index (χ2v) is 7.50. The van der Waals surface area contributed by atoms with Crippen molar-refractivity contribution in [2.24, 2.45) is 11.8 Å². The third kappa shape index (κ3) is 4.41. The van der Waals surface area contributed by atoms with E-state index in [2.05, 4.69) is 43.4 Å². The summed E-state index contributed by atoms with van der Waals surface area (Å²) in [4.78, 5) is 14.8. The molecule has 0 aliphatic carbocycles. The van der Waals surface area contributed by atoms with Gasteiger partial charge in [-0.05, 0) is 48.4 Å². The van der Waals surface area contributed by atoms with Crippen molar-refractivity contribution in [2.75, 3.05) is 18.4 Å². The van der Waals surface area contributed by atoms with Crippen LogP contribution >= 0.6 is 0 Å². The quantitative estimate of drug-likeness (QED) is 0.881. The Bertz CT molecular complexity index is 686. The Hall–Kier alpha value is -2.29. The van der Waals surface area contributed by atoms with Crippen LogP contribution in [0.15, 0.2) is 54.6 Å². The molecule has 1 N–H and O–H groups in total. The first-order valence-corrected chi connectivity index (χ1v) is 9.23. The standard InChI is InChI=1S/C22H28N2O/c1-16-13-17(2)15-24(14-16)22(25)18(3)23-21-11-9-20(10-12-21)19-7-5-4-6-8-19/h4-12,16-18,23H,13-15H2,1-3H3/t16-,17-,18+/m0/s1. The van der Waals surface area contributed by atoms with Gasteiger partial charge in [0.05, 0.1) is 0 Å². The lowest BCUT2D eigenvalue weighted by Gasteiger charge is -2.36. The Morgan fingerprint density at radius 2 is 1.52 bits per heavy atom. The highest BCUT2D eigenvalue weighted by atomic mass is 16.2. The summed E-state index contributed by atoms with van der Waals surface area (Å²) in [6.45, 7) is 8.17. The maximum atomic E-state index is 12.7. The van der Waals surface area contributed by atoms with Gasteiger partial charge in [0, 0.05) is 18.8 Å². The zero-order chi connectivity index (χ0) is 17.8. The number of benzene rings is 2. The fourth-order valence-electron chi connectivity index (χ4n) is 3.82. The van der Waals surface area contributed by atoms with Crippen LogP contribution in [0.2, 0.25) is 0 Å². The first-order chi connectivity index (χ1) is 12.0. The van der Waals surface area contributed by atoms with Crippen molar-refractivity contribution in [1.29, 1.82) is 0 Å². The lowest BCUT2D eigenvalue weighted by molar-refractivity contribution is -0.134. The molecule has 3 heteroatoms. The maximum absolute atomic E-state index is 12.7. The minimum atomic E-state index is -0.208. The molecule has 132 valence electrons. The SMILES string of the molecule is C[C@H]1C[C@H](C)CN(C(=O)[C@@H](C)Nc2ccc(-c3ccccc3)cc2)C1. The molecule has 0 radical (unpaired) electrons. The molecule has 1 heterocycles. The van der Waals surface area contributed by atoms with Crippen molar-refractivity contribution in [3.05, 3.63) is 54.6 Å². The molecule has 0 aromatic heterocycles. The second kappa shape index (κ2) is 7.73. The molecule has 1 aliphatic heterocycles. The van der Waals surface area contributed by atoms with Crippen LogP contribution in [0.25, 0.3) is 11.1 Å². The minimum Gasteiger partial charge on any atom is -0.374 e. The fourth-order valence-corrected chi connectivity index (χ4v) is 3.82. The Morgan fingerprint density at radius 3 is 2.12 bits per heavy atom. The molecule has 1 aliphatic rings. The minimum absolute atomic E-state index is 0.200. The van der Waals surface area contributed by atoms with E-state index in [1.54, 1.807) is 0 Å². The Balaban J connectivity index is 1.62. The Labute approximate surface area is 151 Å². The topological polar surface area (TPSA) is 32.3 Å². The van der Waals surface area contributed by atoms with Crippen LogP contribution in [0.1, 0.15) is 27.2 Å². The fraction of sp³-hybridized carbons (Fsp3) is 0.409. The van der Waals surface area contributed by atoms with E-state index >= 15 is 0 Å². The van der Waals surface area contributed by atoms with E-state index in [-0.39, 0.29) is 11.9 Å². The first kappa shape index (κ1) is 17.5. The van der Waals surface area contributed by atoms with E-state index in [1.165, 1.54) is 17.5 Å². The molecule has 0 saturated carbocycles. The van der Waals surface area contributed by atoms with Crippen molar-refractivity contribution in [3.63, 3.8) is 0 Å². The maximum Gasteiger partial charge on any atom is 0.244 e. The van der Waals surface area contributed by atoms with E-state index in [4.69, 9.17) is 0 Å². The Kier molecular flexibility index (Phi) is 5.42. The predicted molar refractivity (Wildman–Crippen MR) is 104 cm³/mol. The van der Waals surface area contributed by atoms with Crippen molar-refractivity contribution in [3.8, 4) is 11.1 Å². The highest BCUT2D eigenvalue weighted by Gasteiger charge is 2.28. The molecule has 2 aromatic carbocycles. The van der Waals surface area contributed by atoms with Crippen molar-refractivity contribution in [2.45, 2.75) is 33.2 Å². The normalized spacial score (nSPS) is 21.6. The van der Waals surface area contributed by atoms with Gasteiger partial charge in [-0.2, -0.15) is 0 Å². The molecule has 0 bridgehead atoms. The number of carbonyl (C=O) groups excluding carboxylic acids is 1. The lowest BCUT2D eigenvalue weighted by Crippen LogP contribution is -2.48. The number of amides is 1. The molecule has 3 nitrogen and oxygen atoms in total. The molecule has 2 aromatic rings.